The van der Waals surface area contributed by atoms with Gasteiger partial charge in [-0.05, 0) is 0 Å². The van der Waals surface area contributed by atoms with Gasteiger partial charge in [-0.1, -0.05) is 0 Å². The second kappa shape index (κ2) is 5.74. The van der Waals surface area contributed by atoms with Crippen molar-refractivity contribution in [2.45, 2.75) is 25.2 Å². The van der Waals surface area contributed by atoms with E-state index in [-0.39, 0.29) is 18.5 Å². The van der Waals surface area contributed by atoms with Crippen molar-refractivity contribution in [1.29, 1.82) is 0 Å². The van der Waals surface area contributed by atoms with Crippen LogP contribution in [0.1, 0.15) is 19.1 Å². The Hall–Kier alpha value is -0.700. The first-order chi connectivity index (χ1) is 8.85. The molecule has 1 saturated heterocycles. The molecule has 0 spiro atoms. The monoisotopic (exact) mass is 309 g/mol. The average molecular weight is 309 g/mol. The van der Waals surface area contributed by atoms with E-state index in [1.54, 1.807) is 0 Å². The summed E-state index contributed by atoms with van der Waals surface area (Å²) in [5.41, 5.74) is 4.93. The van der Waals surface area contributed by atoms with Gasteiger partial charge in [0.15, 0.2) is 0 Å². The van der Waals surface area contributed by atoms with Crippen LogP contribution in [-0.2, 0) is 9.26 Å². The van der Waals surface area contributed by atoms with Crippen molar-refractivity contribution in [3.8, 4) is 0 Å². The molecule has 108 valence electrons. The molecule has 0 aliphatic carbocycles. The van der Waals surface area contributed by atoms with Crippen molar-refractivity contribution in [3.05, 3.63) is 22.7 Å². The van der Waals surface area contributed by atoms with Crippen LogP contribution >= 0.6 is 19.4 Å². The normalized spacial score (nSPS) is 24.6. The minimum atomic E-state index is -3.83. The van der Waals surface area contributed by atoms with E-state index in [0.29, 0.717) is 12.8 Å². The van der Waals surface area contributed by atoms with E-state index < -0.39 is 19.1 Å². The van der Waals surface area contributed by atoms with Crippen LogP contribution in [-0.4, -0.2) is 32.0 Å². The fraction of sp³-hybridized carbons (Fsp3) is 0.556. The Morgan fingerprint density at radius 3 is 3.00 bits per heavy atom. The maximum atomic E-state index is 11.6. The number of ether oxygens (including phenoxy) is 1. The molecule has 1 aromatic rings. The molecule has 0 radical (unpaired) electrons. The third-order valence-electron chi connectivity index (χ3n) is 2.71. The number of nitrogens with two attached hydrogens (primary N) is 1. The molecule has 8 nitrogen and oxygen atoms in total. The summed E-state index contributed by atoms with van der Waals surface area (Å²) in [6, 6.07) is 1.52. The first kappa shape index (κ1) is 14.7. The van der Waals surface area contributed by atoms with Gasteiger partial charge >= 0.3 is 114 Å². The summed E-state index contributed by atoms with van der Waals surface area (Å²) >= 11 is 3.54. The topological polar surface area (TPSA) is 120 Å². The summed E-state index contributed by atoms with van der Waals surface area (Å²) in [5, 5.41) is 0. The summed E-state index contributed by atoms with van der Waals surface area (Å²) in [7, 11) is -3.83. The van der Waals surface area contributed by atoms with E-state index in [9.17, 15) is 4.79 Å². The number of hydrogen-bond acceptors (Lipinski definition) is 8. The van der Waals surface area contributed by atoms with Gasteiger partial charge in [-0.25, -0.2) is 0 Å². The van der Waals surface area contributed by atoms with Gasteiger partial charge in [0, 0.05) is 0 Å². The molecule has 1 fully saturated rings. The van der Waals surface area contributed by atoms with Crippen LogP contribution < -0.4 is 11.4 Å². The van der Waals surface area contributed by atoms with Crippen molar-refractivity contribution in [1.82, 2.24) is 9.55 Å². The molecule has 1 aliphatic heterocycles. The predicted octanol–water partition coefficient (Wildman–Crippen LogP) is -0.156. The van der Waals surface area contributed by atoms with Gasteiger partial charge in [0.2, 0.25) is 0 Å². The average Bonchev–Trinajstić information content (AvgIpc) is 2.74. The third kappa shape index (κ3) is 4.13. The molecule has 19 heavy (non-hydrogen) atoms. The first-order valence-electron chi connectivity index (χ1n) is 5.66. The zero-order valence-corrected chi connectivity index (χ0v) is 11.9. The van der Waals surface area contributed by atoms with Crippen LogP contribution in [0.3, 0.4) is 0 Å². The molecule has 0 amide bonds. The van der Waals surface area contributed by atoms with E-state index in [0.717, 1.165) is 0 Å². The fourth-order valence-electron chi connectivity index (χ4n) is 1.86. The van der Waals surface area contributed by atoms with E-state index in [4.69, 9.17) is 24.8 Å². The van der Waals surface area contributed by atoms with Crippen molar-refractivity contribution in [2.75, 3.05) is 12.3 Å². The van der Waals surface area contributed by atoms with Gasteiger partial charge in [0.1, 0.15) is 0 Å². The van der Waals surface area contributed by atoms with Crippen molar-refractivity contribution < 1.29 is 19.0 Å². The molecule has 0 bridgehead atoms. The maximum absolute atomic E-state index is 11.6. The summed E-state index contributed by atoms with van der Waals surface area (Å²) in [6.45, 7) is 0.0242. The molecule has 1 aromatic heterocycles. The number of rotatable bonds is 4. The molecular weight excluding hydrogens is 293 g/mol. The van der Waals surface area contributed by atoms with Gasteiger partial charge in [-0.15, -0.1) is 0 Å². The number of aromatic nitrogens is 2. The molecule has 0 unspecified atom stereocenters. The van der Waals surface area contributed by atoms with Crippen LogP contribution in [0.25, 0.3) is 0 Å². The van der Waals surface area contributed by atoms with Gasteiger partial charge in [0.25, 0.3) is 0 Å². The number of hydrogen-bond donors (Lipinski definition) is 4. The second-order valence-electron chi connectivity index (χ2n) is 4.22. The molecule has 10 heteroatoms. The van der Waals surface area contributed by atoms with Gasteiger partial charge in [-0.3, -0.25) is 0 Å². The first-order valence-corrected chi connectivity index (χ1v) is 8.75. The van der Waals surface area contributed by atoms with Crippen LogP contribution in [0.2, 0.25) is 0 Å². The standard InChI is InChI=1S/C9H16N3O5PS/c10-7-3-4-12(9(13)11-7)8-2-1-6(17-8)5-16-18(14,15)19/h3-4,6,8,14-15,18-19H,1-2,5H2,(H2,10,11,13)/t6-,8+/m0/s1. The van der Waals surface area contributed by atoms with E-state index in [2.05, 4.69) is 17.2 Å². The molecule has 2 heterocycles. The van der Waals surface area contributed by atoms with Crippen molar-refractivity contribution in [3.63, 3.8) is 0 Å². The van der Waals surface area contributed by atoms with E-state index in [1.165, 1.54) is 16.8 Å². The van der Waals surface area contributed by atoms with Crippen LogP contribution in [0.5, 0.6) is 0 Å². The Morgan fingerprint density at radius 2 is 2.37 bits per heavy atom. The quantitative estimate of drug-likeness (QED) is 0.451. The fourth-order valence-corrected chi connectivity index (χ4v) is 2.50. The molecule has 0 saturated carbocycles. The SMILES string of the molecule is Nc1ccn([C@H]2CC[C@@H](CO[PH](O)(O)S)O2)c(=O)n1. The van der Waals surface area contributed by atoms with Crippen molar-refractivity contribution in [2.24, 2.45) is 0 Å². The summed E-state index contributed by atoms with van der Waals surface area (Å²) in [6.07, 6.45) is 2.02. The Labute approximate surface area is 114 Å². The predicted molar refractivity (Wildman–Crippen MR) is 73.7 cm³/mol. The molecule has 2 rings (SSSR count). The number of nitrogens with zero attached hydrogens (tertiary/aromatic N) is 2. The summed E-state index contributed by atoms with van der Waals surface area (Å²) in [4.78, 5) is 33.3. The Balaban J connectivity index is 1.96. The van der Waals surface area contributed by atoms with E-state index in [1.807, 2.05) is 0 Å². The van der Waals surface area contributed by atoms with Crippen molar-refractivity contribution >= 4 is 25.2 Å². The Bertz CT molecular complexity index is 505. The zero-order valence-electron chi connectivity index (χ0n) is 9.97. The third-order valence-corrected chi connectivity index (χ3v) is 3.65. The second-order valence-corrected chi connectivity index (χ2v) is 7.40. The minimum absolute atomic E-state index is 0.0242. The number of thiol groups is 1. The zero-order chi connectivity index (χ0) is 14.0. The van der Waals surface area contributed by atoms with Crippen LogP contribution in [0, 0.1) is 0 Å². The molecular formula is C9H16N3O5PS. The van der Waals surface area contributed by atoms with E-state index >= 15 is 0 Å². The van der Waals surface area contributed by atoms with Crippen LogP contribution in [0.15, 0.2) is 17.1 Å². The molecule has 2 atom stereocenters. The molecule has 4 N–H and O–H groups in total. The number of anilines is 1. The number of nitrogen functional groups attached to an aromatic ring is 1. The van der Waals surface area contributed by atoms with Gasteiger partial charge in [0.05, 0.1) is 0 Å². The summed E-state index contributed by atoms with van der Waals surface area (Å²) < 4.78 is 11.7. The van der Waals surface area contributed by atoms with Gasteiger partial charge < -0.3 is 0 Å². The Kier molecular flexibility index (Phi) is 4.44. The molecule has 0 aromatic carbocycles. The molecule has 1 aliphatic rings. The van der Waals surface area contributed by atoms with Gasteiger partial charge in [-0.2, -0.15) is 0 Å². The summed E-state index contributed by atoms with van der Waals surface area (Å²) in [5.74, 6) is 0.158. The Morgan fingerprint density at radius 1 is 1.63 bits per heavy atom. The van der Waals surface area contributed by atoms with Crippen LogP contribution in [0.4, 0.5) is 5.82 Å².